The summed E-state index contributed by atoms with van der Waals surface area (Å²) in [4.78, 5) is 34.1. The lowest BCUT2D eigenvalue weighted by atomic mass is 10.2. The van der Waals surface area contributed by atoms with Gasteiger partial charge in [-0.2, -0.15) is 4.98 Å². The van der Waals surface area contributed by atoms with Crippen LogP contribution in [0.4, 0.5) is 0 Å². The van der Waals surface area contributed by atoms with Crippen molar-refractivity contribution < 1.29 is 9.32 Å². The zero-order chi connectivity index (χ0) is 16.1. The fraction of sp³-hybridized carbons (Fsp3) is 0.133. The highest BCUT2D eigenvalue weighted by molar-refractivity contribution is 5.78. The van der Waals surface area contributed by atoms with Gasteiger partial charge >= 0.3 is 0 Å². The minimum atomic E-state index is -0.305. The third-order valence-corrected chi connectivity index (χ3v) is 3.05. The number of H-pyrrole nitrogens is 1. The fourth-order valence-electron chi connectivity index (χ4n) is 1.96. The van der Waals surface area contributed by atoms with Crippen molar-refractivity contribution in [3.8, 4) is 11.4 Å². The van der Waals surface area contributed by atoms with Gasteiger partial charge in [-0.15, -0.1) is 0 Å². The molecule has 0 aliphatic rings. The van der Waals surface area contributed by atoms with Crippen molar-refractivity contribution >= 4 is 5.91 Å². The molecule has 8 nitrogen and oxygen atoms in total. The molecule has 23 heavy (non-hydrogen) atoms. The summed E-state index contributed by atoms with van der Waals surface area (Å²) >= 11 is 0. The fourth-order valence-corrected chi connectivity index (χ4v) is 1.96. The van der Waals surface area contributed by atoms with Crippen LogP contribution in [0.2, 0.25) is 0 Å². The van der Waals surface area contributed by atoms with Crippen LogP contribution in [0.3, 0.4) is 0 Å². The zero-order valence-corrected chi connectivity index (χ0v) is 12.0. The molecular weight excluding hydrogens is 298 g/mol. The summed E-state index contributed by atoms with van der Waals surface area (Å²) in [7, 11) is 0. The van der Waals surface area contributed by atoms with Crippen molar-refractivity contribution in [2.75, 3.05) is 0 Å². The standard InChI is InChI=1S/C15H13N5O3/c21-12(7-10-3-1-5-16-8-10)18-9-13-19-14(20-23-13)11-4-2-6-17-15(11)22/h1-6,8H,7,9H2,(H,17,22)(H,18,21). The maximum absolute atomic E-state index is 11.8. The van der Waals surface area contributed by atoms with Gasteiger partial charge in [0, 0.05) is 18.6 Å². The summed E-state index contributed by atoms with van der Waals surface area (Å²) in [5, 5.41) is 6.42. The van der Waals surface area contributed by atoms with Gasteiger partial charge in [0.05, 0.1) is 18.5 Å². The number of hydrogen-bond donors (Lipinski definition) is 2. The van der Waals surface area contributed by atoms with Crippen molar-refractivity contribution in [1.82, 2.24) is 25.4 Å². The quantitative estimate of drug-likeness (QED) is 0.716. The van der Waals surface area contributed by atoms with E-state index in [4.69, 9.17) is 4.52 Å². The minimum Gasteiger partial charge on any atom is -0.347 e. The Hall–Kier alpha value is -3.29. The molecular formula is C15H13N5O3. The molecule has 0 aliphatic heterocycles. The maximum atomic E-state index is 11.8. The molecule has 0 saturated heterocycles. The van der Waals surface area contributed by atoms with Crippen LogP contribution in [0.15, 0.2) is 52.2 Å². The minimum absolute atomic E-state index is 0.0941. The molecule has 3 aromatic rings. The molecule has 3 rings (SSSR count). The molecule has 116 valence electrons. The monoisotopic (exact) mass is 311 g/mol. The van der Waals surface area contributed by atoms with Crippen molar-refractivity contribution in [3.63, 3.8) is 0 Å². The molecule has 0 aromatic carbocycles. The molecule has 0 spiro atoms. The Morgan fingerprint density at radius 3 is 3.00 bits per heavy atom. The van der Waals surface area contributed by atoms with Crippen LogP contribution in [0, 0.1) is 0 Å². The SMILES string of the molecule is O=C(Cc1cccnc1)NCc1nc(-c2ccc[nH]c2=O)no1. The molecule has 1 amide bonds. The van der Waals surface area contributed by atoms with E-state index < -0.39 is 0 Å². The topological polar surface area (TPSA) is 114 Å². The predicted molar refractivity (Wildman–Crippen MR) is 80.1 cm³/mol. The lowest BCUT2D eigenvalue weighted by Gasteiger charge is -2.01. The summed E-state index contributed by atoms with van der Waals surface area (Å²) in [6.45, 7) is 0.0941. The summed E-state index contributed by atoms with van der Waals surface area (Å²) in [6.07, 6.45) is 5.01. The van der Waals surface area contributed by atoms with Crippen molar-refractivity contribution in [2.24, 2.45) is 0 Å². The van der Waals surface area contributed by atoms with Crippen LogP contribution < -0.4 is 10.9 Å². The molecule has 8 heteroatoms. The molecule has 0 bridgehead atoms. The summed E-state index contributed by atoms with van der Waals surface area (Å²) < 4.78 is 5.03. The van der Waals surface area contributed by atoms with E-state index in [1.54, 1.807) is 30.6 Å². The van der Waals surface area contributed by atoms with Crippen LogP contribution >= 0.6 is 0 Å². The Morgan fingerprint density at radius 2 is 2.22 bits per heavy atom. The number of rotatable bonds is 5. The maximum Gasteiger partial charge on any atom is 0.259 e. The third kappa shape index (κ3) is 3.67. The molecule has 0 saturated carbocycles. The summed E-state index contributed by atoms with van der Waals surface area (Å²) in [5.41, 5.74) is 0.816. The van der Waals surface area contributed by atoms with Crippen LogP contribution in [0.1, 0.15) is 11.5 Å². The highest BCUT2D eigenvalue weighted by atomic mass is 16.5. The second-order valence-electron chi connectivity index (χ2n) is 4.74. The van der Waals surface area contributed by atoms with E-state index in [2.05, 4.69) is 25.4 Å². The number of nitrogens with zero attached hydrogens (tertiary/aromatic N) is 3. The molecule has 0 radical (unpaired) electrons. The Kier molecular flexibility index (Phi) is 4.23. The molecule has 3 heterocycles. The second kappa shape index (κ2) is 6.65. The van der Waals surface area contributed by atoms with E-state index in [1.807, 2.05) is 6.07 Å². The number of carbonyl (C=O) groups excluding carboxylic acids is 1. The van der Waals surface area contributed by atoms with Crippen molar-refractivity contribution in [3.05, 3.63) is 64.7 Å². The number of amides is 1. The number of aromatic nitrogens is 4. The van der Waals surface area contributed by atoms with Gasteiger partial charge in [-0.25, -0.2) is 0 Å². The van der Waals surface area contributed by atoms with Gasteiger partial charge in [-0.3, -0.25) is 14.6 Å². The Labute approximate surface area is 130 Å². The first-order valence-corrected chi connectivity index (χ1v) is 6.88. The average Bonchev–Trinajstić information content (AvgIpc) is 3.03. The van der Waals surface area contributed by atoms with Crippen molar-refractivity contribution in [1.29, 1.82) is 0 Å². The summed E-state index contributed by atoms with van der Waals surface area (Å²) in [6, 6.07) is 6.85. The first-order chi connectivity index (χ1) is 11.2. The molecule has 2 N–H and O–H groups in total. The number of aromatic amines is 1. The largest absolute Gasteiger partial charge is 0.347 e. The van der Waals surface area contributed by atoms with E-state index in [-0.39, 0.29) is 36.1 Å². The number of pyridine rings is 2. The van der Waals surface area contributed by atoms with Gasteiger partial charge in [-0.1, -0.05) is 11.2 Å². The highest BCUT2D eigenvalue weighted by Crippen LogP contribution is 2.10. The van der Waals surface area contributed by atoms with Gasteiger partial charge in [0.1, 0.15) is 0 Å². The summed E-state index contributed by atoms with van der Waals surface area (Å²) in [5.74, 6) is 0.224. The lowest BCUT2D eigenvalue weighted by Crippen LogP contribution is -2.24. The van der Waals surface area contributed by atoms with E-state index in [9.17, 15) is 9.59 Å². The van der Waals surface area contributed by atoms with E-state index >= 15 is 0 Å². The van der Waals surface area contributed by atoms with Gasteiger partial charge < -0.3 is 14.8 Å². The smallest absolute Gasteiger partial charge is 0.259 e. The number of hydrogen-bond acceptors (Lipinski definition) is 6. The van der Waals surface area contributed by atoms with Crippen LogP contribution in [0.5, 0.6) is 0 Å². The first kappa shape index (κ1) is 14.6. The Bertz CT molecular complexity index is 857. The Balaban J connectivity index is 1.60. The van der Waals surface area contributed by atoms with E-state index in [0.29, 0.717) is 5.56 Å². The molecule has 3 aromatic heterocycles. The number of carbonyl (C=O) groups is 1. The first-order valence-electron chi connectivity index (χ1n) is 6.88. The average molecular weight is 311 g/mol. The normalized spacial score (nSPS) is 10.4. The molecule has 0 atom stereocenters. The predicted octanol–water partition coefficient (Wildman–Crippen LogP) is 0.679. The van der Waals surface area contributed by atoms with Crippen molar-refractivity contribution in [2.45, 2.75) is 13.0 Å². The zero-order valence-electron chi connectivity index (χ0n) is 12.0. The molecule has 0 unspecified atom stereocenters. The lowest BCUT2D eigenvalue weighted by molar-refractivity contribution is -0.120. The third-order valence-electron chi connectivity index (χ3n) is 3.05. The van der Waals surface area contributed by atoms with Gasteiger partial charge in [0.2, 0.25) is 17.6 Å². The van der Waals surface area contributed by atoms with E-state index in [0.717, 1.165) is 5.56 Å². The highest BCUT2D eigenvalue weighted by Gasteiger charge is 2.12. The second-order valence-corrected chi connectivity index (χ2v) is 4.74. The molecule has 0 fully saturated rings. The van der Waals surface area contributed by atoms with E-state index in [1.165, 1.54) is 6.20 Å². The van der Waals surface area contributed by atoms with Gasteiger partial charge in [0.25, 0.3) is 5.56 Å². The Morgan fingerprint density at radius 1 is 1.30 bits per heavy atom. The van der Waals surface area contributed by atoms with Crippen LogP contribution in [-0.2, 0) is 17.8 Å². The van der Waals surface area contributed by atoms with Gasteiger partial charge in [-0.05, 0) is 23.8 Å². The van der Waals surface area contributed by atoms with Crippen LogP contribution in [0.25, 0.3) is 11.4 Å². The number of nitrogens with one attached hydrogen (secondary N) is 2. The van der Waals surface area contributed by atoms with Crippen LogP contribution in [-0.4, -0.2) is 26.0 Å². The van der Waals surface area contributed by atoms with Gasteiger partial charge in [0.15, 0.2) is 0 Å². The molecule has 0 aliphatic carbocycles.